The minimum absolute atomic E-state index is 0.286. The zero-order chi connectivity index (χ0) is 14.7. The second-order valence-corrected chi connectivity index (χ2v) is 6.15. The van der Waals surface area contributed by atoms with E-state index in [1.807, 2.05) is 0 Å². The Bertz CT molecular complexity index is 676. The van der Waals surface area contributed by atoms with Crippen molar-refractivity contribution in [3.05, 3.63) is 78.4 Å². The Kier molecular flexibility index (Phi) is 3.79. The molecule has 0 amide bonds. The summed E-state index contributed by atoms with van der Waals surface area (Å²) < 4.78 is 0. The summed E-state index contributed by atoms with van der Waals surface area (Å²) in [4.78, 5) is 0. The third kappa shape index (κ3) is 2.85. The molecule has 1 aliphatic carbocycles. The van der Waals surface area contributed by atoms with Gasteiger partial charge < -0.3 is 0 Å². The Morgan fingerprint density at radius 3 is 2.29 bits per heavy atom. The molecule has 0 saturated carbocycles. The highest BCUT2D eigenvalue weighted by Crippen LogP contribution is 2.41. The molecule has 0 nitrogen and oxygen atoms in total. The number of benzene rings is 2. The highest BCUT2D eigenvalue weighted by molar-refractivity contribution is 5.82. The number of hydrogen-bond donors (Lipinski definition) is 0. The minimum Gasteiger partial charge on any atom is -0.0783 e. The molecule has 106 valence electrons. The van der Waals surface area contributed by atoms with Gasteiger partial charge in [0.2, 0.25) is 0 Å². The van der Waals surface area contributed by atoms with Crippen LogP contribution in [-0.4, -0.2) is 0 Å². The summed E-state index contributed by atoms with van der Waals surface area (Å²) in [5, 5.41) is 0. The maximum atomic E-state index is 2.35. The van der Waals surface area contributed by atoms with Gasteiger partial charge in [-0.05, 0) is 40.5 Å². The first kappa shape index (κ1) is 13.9. The lowest BCUT2D eigenvalue weighted by Crippen LogP contribution is -2.14. The lowest BCUT2D eigenvalue weighted by Gasteiger charge is -2.29. The third-order valence-corrected chi connectivity index (χ3v) is 4.56. The summed E-state index contributed by atoms with van der Waals surface area (Å²) in [5.41, 5.74) is 5.72. The van der Waals surface area contributed by atoms with Crippen LogP contribution in [0.4, 0.5) is 0 Å². The van der Waals surface area contributed by atoms with Gasteiger partial charge in [0.05, 0.1) is 0 Å². The van der Waals surface area contributed by atoms with Crippen LogP contribution in [0.3, 0.4) is 0 Å². The summed E-state index contributed by atoms with van der Waals surface area (Å²) in [7, 11) is 0. The Labute approximate surface area is 127 Å². The van der Waals surface area contributed by atoms with E-state index < -0.39 is 0 Å². The SMILES string of the molecule is CCC1(C)C=CC=C(c2ccccc2-c2ccccc2)C1. The molecule has 0 heterocycles. The summed E-state index contributed by atoms with van der Waals surface area (Å²) in [6, 6.07) is 19.4. The van der Waals surface area contributed by atoms with Crippen LogP contribution in [-0.2, 0) is 0 Å². The van der Waals surface area contributed by atoms with Gasteiger partial charge in [-0.2, -0.15) is 0 Å². The molecule has 1 aliphatic rings. The standard InChI is InChI=1S/C21H22/c1-3-21(2)15-9-12-18(16-21)20-14-8-7-13-19(20)17-10-5-4-6-11-17/h4-15H,3,16H2,1-2H3. The summed E-state index contributed by atoms with van der Waals surface area (Å²) in [5.74, 6) is 0. The molecule has 0 radical (unpaired) electrons. The summed E-state index contributed by atoms with van der Waals surface area (Å²) in [6.45, 7) is 4.62. The van der Waals surface area contributed by atoms with Gasteiger partial charge in [0.25, 0.3) is 0 Å². The Balaban J connectivity index is 2.05. The first-order chi connectivity index (χ1) is 10.2. The Morgan fingerprint density at radius 2 is 1.57 bits per heavy atom. The molecule has 1 atom stereocenters. The second kappa shape index (κ2) is 5.73. The Morgan fingerprint density at radius 1 is 0.905 bits per heavy atom. The van der Waals surface area contributed by atoms with Crippen molar-refractivity contribution in [2.75, 3.05) is 0 Å². The highest BCUT2D eigenvalue weighted by Gasteiger charge is 2.24. The molecule has 0 aromatic heterocycles. The van der Waals surface area contributed by atoms with E-state index in [1.54, 1.807) is 0 Å². The van der Waals surface area contributed by atoms with Crippen LogP contribution in [0.1, 0.15) is 32.3 Å². The number of hydrogen-bond acceptors (Lipinski definition) is 0. The average Bonchev–Trinajstić information content (AvgIpc) is 2.56. The molecule has 0 saturated heterocycles. The van der Waals surface area contributed by atoms with Gasteiger partial charge in [0.1, 0.15) is 0 Å². The lowest BCUT2D eigenvalue weighted by atomic mass is 9.75. The van der Waals surface area contributed by atoms with E-state index >= 15 is 0 Å². The van der Waals surface area contributed by atoms with Crippen LogP contribution in [0.15, 0.2) is 72.8 Å². The normalized spacial score (nSPS) is 21.1. The molecule has 0 spiro atoms. The van der Waals surface area contributed by atoms with Crippen molar-refractivity contribution < 1.29 is 0 Å². The largest absolute Gasteiger partial charge is 0.0783 e. The maximum absolute atomic E-state index is 2.35. The molecular weight excluding hydrogens is 252 g/mol. The average molecular weight is 274 g/mol. The van der Waals surface area contributed by atoms with Crippen LogP contribution >= 0.6 is 0 Å². The molecule has 21 heavy (non-hydrogen) atoms. The quantitative estimate of drug-likeness (QED) is 0.633. The van der Waals surface area contributed by atoms with Crippen LogP contribution in [0.25, 0.3) is 16.7 Å². The minimum atomic E-state index is 0.286. The fourth-order valence-electron chi connectivity index (χ4n) is 3.01. The van der Waals surface area contributed by atoms with Gasteiger partial charge in [-0.3, -0.25) is 0 Å². The predicted molar refractivity (Wildman–Crippen MR) is 92.0 cm³/mol. The van der Waals surface area contributed by atoms with E-state index in [-0.39, 0.29) is 5.41 Å². The molecule has 1 unspecified atom stereocenters. The van der Waals surface area contributed by atoms with Gasteiger partial charge in [0, 0.05) is 0 Å². The molecule has 0 fully saturated rings. The fraction of sp³-hybridized carbons (Fsp3) is 0.238. The summed E-state index contributed by atoms with van der Waals surface area (Å²) in [6.07, 6.45) is 9.14. The molecule has 0 N–H and O–H groups in total. The zero-order valence-electron chi connectivity index (χ0n) is 12.8. The van der Waals surface area contributed by atoms with Crippen molar-refractivity contribution in [2.24, 2.45) is 5.41 Å². The first-order valence-corrected chi connectivity index (χ1v) is 7.75. The zero-order valence-corrected chi connectivity index (χ0v) is 12.8. The van der Waals surface area contributed by atoms with E-state index in [1.165, 1.54) is 28.7 Å². The van der Waals surface area contributed by atoms with Crippen LogP contribution in [0.2, 0.25) is 0 Å². The monoisotopic (exact) mass is 274 g/mol. The number of rotatable bonds is 3. The topological polar surface area (TPSA) is 0 Å². The predicted octanol–water partition coefficient (Wildman–Crippen LogP) is 6.11. The van der Waals surface area contributed by atoms with Crippen molar-refractivity contribution in [1.82, 2.24) is 0 Å². The highest BCUT2D eigenvalue weighted by atomic mass is 14.3. The van der Waals surface area contributed by atoms with Gasteiger partial charge in [-0.25, -0.2) is 0 Å². The van der Waals surface area contributed by atoms with Crippen LogP contribution < -0.4 is 0 Å². The van der Waals surface area contributed by atoms with Crippen molar-refractivity contribution >= 4 is 5.57 Å². The lowest BCUT2D eigenvalue weighted by molar-refractivity contribution is 0.420. The van der Waals surface area contributed by atoms with Crippen molar-refractivity contribution in [3.63, 3.8) is 0 Å². The Hall–Kier alpha value is -2.08. The molecule has 0 aliphatic heterocycles. The van der Waals surface area contributed by atoms with Crippen LogP contribution in [0.5, 0.6) is 0 Å². The van der Waals surface area contributed by atoms with Gasteiger partial charge in [0.15, 0.2) is 0 Å². The third-order valence-electron chi connectivity index (χ3n) is 4.56. The van der Waals surface area contributed by atoms with Crippen LogP contribution in [0, 0.1) is 5.41 Å². The van der Waals surface area contributed by atoms with Gasteiger partial charge >= 0.3 is 0 Å². The van der Waals surface area contributed by atoms with Crippen molar-refractivity contribution in [3.8, 4) is 11.1 Å². The molecule has 0 heteroatoms. The molecule has 2 aromatic rings. The molecule has 2 aromatic carbocycles. The van der Waals surface area contributed by atoms with E-state index in [2.05, 4.69) is 86.7 Å². The van der Waals surface area contributed by atoms with Gasteiger partial charge in [-0.15, -0.1) is 0 Å². The number of allylic oxidation sites excluding steroid dienone is 4. The maximum Gasteiger partial charge on any atom is -0.0105 e. The second-order valence-electron chi connectivity index (χ2n) is 6.15. The molecule has 0 bridgehead atoms. The van der Waals surface area contributed by atoms with E-state index in [0.717, 1.165) is 6.42 Å². The van der Waals surface area contributed by atoms with E-state index in [4.69, 9.17) is 0 Å². The molecule has 3 rings (SSSR count). The molecular formula is C21H22. The smallest absolute Gasteiger partial charge is 0.0105 e. The van der Waals surface area contributed by atoms with Crippen molar-refractivity contribution in [1.29, 1.82) is 0 Å². The van der Waals surface area contributed by atoms with Crippen molar-refractivity contribution in [2.45, 2.75) is 26.7 Å². The first-order valence-electron chi connectivity index (χ1n) is 7.75. The van der Waals surface area contributed by atoms with E-state index in [9.17, 15) is 0 Å². The van der Waals surface area contributed by atoms with E-state index in [0.29, 0.717) is 0 Å². The van der Waals surface area contributed by atoms with Gasteiger partial charge in [-0.1, -0.05) is 86.7 Å². The summed E-state index contributed by atoms with van der Waals surface area (Å²) >= 11 is 0. The fourth-order valence-corrected chi connectivity index (χ4v) is 3.01.